The van der Waals surface area contributed by atoms with E-state index in [1.807, 2.05) is 5.32 Å². The minimum atomic E-state index is -5.66. The summed E-state index contributed by atoms with van der Waals surface area (Å²) in [4.78, 5) is 85.7. The van der Waals surface area contributed by atoms with Crippen molar-refractivity contribution in [1.29, 1.82) is 0 Å². The summed E-state index contributed by atoms with van der Waals surface area (Å²) in [6.45, 7) is 2.59. The molecule has 16 nitrogen and oxygen atoms in total. The molecule has 0 aromatic heterocycles. The number of alkyl carbamates (subject to hydrolysis) is 1. The van der Waals surface area contributed by atoms with E-state index in [4.69, 9.17) is 28.4 Å². The summed E-state index contributed by atoms with van der Waals surface area (Å²) >= 11 is 0. The zero-order chi connectivity index (χ0) is 35.5. The molecule has 1 aliphatic heterocycles. The standard InChI is InChI=1S/C28H33F3N2O14/c1-14(34)42-13-19-21(44-15(2)35)22(45-16(3)36)23(46-17(4)37)24(47-19)32-20(38)11-27(25(39)41-5,28(29,30)31)33-26(40)43-12-18-9-7-6-8-10-18/h6-10,19,21-24H,11-13H2,1-5H3,(H,32,38)(H,33,40)/t19-,21-,22+,23-,24-,27+/m1/s1. The van der Waals surface area contributed by atoms with Crippen molar-refractivity contribution in [3.63, 3.8) is 0 Å². The molecule has 2 N–H and O–H groups in total. The Balaban J connectivity index is 2.47. The van der Waals surface area contributed by atoms with Gasteiger partial charge < -0.3 is 38.5 Å². The normalized spacial score (nSPS) is 21.9. The molecule has 0 unspecified atom stereocenters. The molecule has 1 aliphatic rings. The molecule has 260 valence electrons. The molecular weight excluding hydrogens is 645 g/mol. The Morgan fingerprint density at radius 1 is 0.787 bits per heavy atom. The van der Waals surface area contributed by atoms with Crippen molar-refractivity contribution in [2.75, 3.05) is 13.7 Å². The number of hydrogen-bond donors (Lipinski definition) is 2. The largest absolute Gasteiger partial charge is 0.467 e. The van der Waals surface area contributed by atoms with E-state index in [9.17, 15) is 46.7 Å². The van der Waals surface area contributed by atoms with E-state index in [1.165, 1.54) is 17.4 Å². The number of methoxy groups -OCH3 is 1. The Hall–Kier alpha value is -4.94. The first-order valence-electron chi connectivity index (χ1n) is 13.6. The van der Waals surface area contributed by atoms with Crippen molar-refractivity contribution in [3.05, 3.63) is 35.9 Å². The van der Waals surface area contributed by atoms with E-state index >= 15 is 0 Å². The first-order valence-corrected chi connectivity index (χ1v) is 13.6. The summed E-state index contributed by atoms with van der Waals surface area (Å²) in [6.07, 6.45) is -18.1. The fourth-order valence-corrected chi connectivity index (χ4v) is 4.36. The van der Waals surface area contributed by atoms with Crippen LogP contribution in [0.4, 0.5) is 18.0 Å². The van der Waals surface area contributed by atoms with E-state index in [0.29, 0.717) is 12.7 Å². The summed E-state index contributed by atoms with van der Waals surface area (Å²) in [7, 11) is 0.581. The van der Waals surface area contributed by atoms with Crippen LogP contribution >= 0.6 is 0 Å². The fourth-order valence-electron chi connectivity index (χ4n) is 4.36. The molecule has 0 radical (unpaired) electrons. The van der Waals surface area contributed by atoms with Gasteiger partial charge in [0.25, 0.3) is 0 Å². The predicted octanol–water partition coefficient (Wildman–Crippen LogP) is 0.976. The highest BCUT2D eigenvalue weighted by molar-refractivity contribution is 5.93. The minimum absolute atomic E-state index is 0.389. The average Bonchev–Trinajstić information content (AvgIpc) is 2.96. The molecule has 6 atom stereocenters. The van der Waals surface area contributed by atoms with Gasteiger partial charge in [-0.1, -0.05) is 30.3 Å². The van der Waals surface area contributed by atoms with Crippen LogP contribution in [0.1, 0.15) is 39.7 Å². The van der Waals surface area contributed by atoms with Crippen LogP contribution < -0.4 is 10.6 Å². The molecule has 0 spiro atoms. The lowest BCUT2D eigenvalue weighted by Crippen LogP contribution is -2.68. The Labute approximate surface area is 265 Å². The van der Waals surface area contributed by atoms with Gasteiger partial charge in [0.1, 0.15) is 19.3 Å². The van der Waals surface area contributed by atoms with Crippen LogP contribution in [0.3, 0.4) is 0 Å². The van der Waals surface area contributed by atoms with Gasteiger partial charge in [0.15, 0.2) is 24.5 Å². The molecule has 47 heavy (non-hydrogen) atoms. The molecular formula is C28H33F3N2O14. The number of ether oxygens (including phenoxy) is 7. The van der Waals surface area contributed by atoms with Gasteiger partial charge in [-0.25, -0.2) is 9.59 Å². The van der Waals surface area contributed by atoms with Crippen molar-refractivity contribution in [3.8, 4) is 0 Å². The third-order valence-electron chi connectivity index (χ3n) is 6.27. The lowest BCUT2D eigenvalue weighted by atomic mass is 9.93. The van der Waals surface area contributed by atoms with E-state index in [-0.39, 0.29) is 0 Å². The molecule has 1 heterocycles. The first-order chi connectivity index (χ1) is 21.9. The summed E-state index contributed by atoms with van der Waals surface area (Å²) in [5, 5.41) is 3.37. The Morgan fingerprint density at radius 2 is 1.34 bits per heavy atom. The molecule has 0 bridgehead atoms. The van der Waals surface area contributed by atoms with Gasteiger partial charge in [0.05, 0.1) is 13.5 Å². The monoisotopic (exact) mass is 678 g/mol. The number of carbonyl (C=O) groups excluding carboxylic acids is 7. The highest BCUT2D eigenvalue weighted by atomic mass is 19.4. The smallest absolute Gasteiger partial charge is 0.423 e. The second kappa shape index (κ2) is 16.6. The van der Waals surface area contributed by atoms with Crippen LogP contribution in [0.25, 0.3) is 0 Å². The molecule has 1 aromatic carbocycles. The van der Waals surface area contributed by atoms with Gasteiger partial charge in [-0.3, -0.25) is 29.3 Å². The molecule has 2 rings (SSSR count). The average molecular weight is 679 g/mol. The van der Waals surface area contributed by atoms with Crippen LogP contribution in [-0.4, -0.2) is 97.9 Å². The molecule has 0 saturated carbocycles. The summed E-state index contributed by atoms with van der Waals surface area (Å²) in [5.41, 5.74) is -3.63. The molecule has 2 amide bonds. The van der Waals surface area contributed by atoms with Crippen LogP contribution in [-0.2, 0) is 68.5 Å². The number of benzene rings is 1. The van der Waals surface area contributed by atoms with Crippen LogP contribution in [0.15, 0.2) is 30.3 Å². The molecule has 0 aliphatic carbocycles. The maximum atomic E-state index is 14.5. The van der Waals surface area contributed by atoms with E-state index < -0.39 is 104 Å². The highest BCUT2D eigenvalue weighted by Gasteiger charge is 2.64. The van der Waals surface area contributed by atoms with Gasteiger partial charge >= 0.3 is 42.1 Å². The van der Waals surface area contributed by atoms with Gasteiger partial charge in [-0.15, -0.1) is 0 Å². The Morgan fingerprint density at radius 3 is 1.85 bits per heavy atom. The van der Waals surface area contributed by atoms with E-state index in [2.05, 4.69) is 4.74 Å². The maximum Gasteiger partial charge on any atom is 0.423 e. The van der Waals surface area contributed by atoms with E-state index in [0.717, 1.165) is 27.7 Å². The van der Waals surface area contributed by atoms with Crippen LogP contribution in [0.5, 0.6) is 0 Å². The maximum absolute atomic E-state index is 14.5. The van der Waals surface area contributed by atoms with Crippen LogP contribution in [0, 0.1) is 0 Å². The van der Waals surface area contributed by atoms with Gasteiger partial charge in [0, 0.05) is 27.7 Å². The fraction of sp³-hybridized carbons (Fsp3) is 0.536. The number of hydrogen-bond acceptors (Lipinski definition) is 14. The molecule has 19 heteroatoms. The summed E-state index contributed by atoms with van der Waals surface area (Å²) < 4.78 is 78.8. The topological polar surface area (TPSA) is 208 Å². The quantitative estimate of drug-likeness (QED) is 0.233. The lowest BCUT2D eigenvalue weighted by Gasteiger charge is -2.44. The minimum Gasteiger partial charge on any atom is -0.467 e. The highest BCUT2D eigenvalue weighted by Crippen LogP contribution is 2.35. The zero-order valence-electron chi connectivity index (χ0n) is 25.7. The molecule has 1 aromatic rings. The Kier molecular flexibility index (Phi) is 13.5. The number of alkyl halides is 3. The number of carbonyl (C=O) groups is 7. The first kappa shape index (κ1) is 38.2. The lowest BCUT2D eigenvalue weighted by molar-refractivity contribution is -0.257. The van der Waals surface area contributed by atoms with Gasteiger partial charge in [0.2, 0.25) is 11.4 Å². The predicted molar refractivity (Wildman–Crippen MR) is 145 cm³/mol. The van der Waals surface area contributed by atoms with Crippen molar-refractivity contribution in [2.24, 2.45) is 0 Å². The number of nitrogens with one attached hydrogen (secondary N) is 2. The Bertz CT molecular complexity index is 1330. The number of esters is 5. The second-order valence-corrected chi connectivity index (χ2v) is 9.95. The third kappa shape index (κ3) is 10.8. The second-order valence-electron chi connectivity index (χ2n) is 9.95. The SMILES string of the molecule is COC(=O)[C@](CC(=O)N[C@@H]1O[C@H](COC(C)=O)[C@@H](OC(C)=O)[C@H](OC(C)=O)[C@H]1OC(C)=O)(NC(=O)OCc1ccccc1)C(F)(F)F. The molecule has 1 saturated heterocycles. The van der Waals surface area contributed by atoms with Crippen LogP contribution in [0.2, 0.25) is 0 Å². The number of amides is 2. The van der Waals surface area contributed by atoms with Gasteiger partial charge in [-0.2, -0.15) is 13.2 Å². The van der Waals surface area contributed by atoms with Gasteiger partial charge in [-0.05, 0) is 5.56 Å². The number of rotatable bonds is 12. The summed E-state index contributed by atoms with van der Waals surface area (Å²) in [5.74, 6) is -7.61. The molecule has 1 fully saturated rings. The summed E-state index contributed by atoms with van der Waals surface area (Å²) in [6, 6.07) is 7.79. The zero-order valence-corrected chi connectivity index (χ0v) is 25.7. The van der Waals surface area contributed by atoms with E-state index in [1.54, 1.807) is 18.2 Å². The van der Waals surface area contributed by atoms with Crippen molar-refractivity contribution in [2.45, 2.75) is 83.1 Å². The van der Waals surface area contributed by atoms with Crippen molar-refractivity contribution < 1.29 is 79.9 Å². The number of halogens is 3. The van der Waals surface area contributed by atoms with Crippen molar-refractivity contribution in [1.82, 2.24) is 10.6 Å². The third-order valence-corrected chi connectivity index (χ3v) is 6.27. The van der Waals surface area contributed by atoms with Crippen molar-refractivity contribution >= 4 is 41.8 Å².